The molecule has 10 heteroatoms. The second kappa shape index (κ2) is 10.3. The molecule has 8 nitrogen and oxygen atoms in total. The number of nitrogens with one attached hydrogen (secondary N) is 3. The van der Waals surface area contributed by atoms with Crippen molar-refractivity contribution in [2.45, 2.75) is 0 Å². The molecule has 0 unspecified atom stereocenters. The number of hydrazone groups is 1. The summed E-state index contributed by atoms with van der Waals surface area (Å²) in [5.74, 6) is -1.81. The Morgan fingerprint density at radius 2 is 1.82 bits per heavy atom. The minimum absolute atomic E-state index is 0.243. The zero-order chi connectivity index (χ0) is 20.5. The van der Waals surface area contributed by atoms with Gasteiger partial charge in [0.05, 0.1) is 21.9 Å². The summed E-state index contributed by atoms with van der Waals surface area (Å²) in [6.07, 6.45) is 1.31. The lowest BCUT2D eigenvalue weighted by atomic mass is 10.2. The number of carbonyl (C=O) groups is 3. The van der Waals surface area contributed by atoms with Gasteiger partial charge in [0, 0.05) is 7.05 Å². The highest BCUT2D eigenvalue weighted by Gasteiger charge is 2.10. The van der Waals surface area contributed by atoms with Crippen molar-refractivity contribution in [2.24, 2.45) is 5.10 Å². The SMILES string of the molecule is CNC(=O)C(=O)N/N=C\c1ccc(OCC(=O)Nc2ccccc2Cl)c(Cl)c1. The molecular weight excluding hydrogens is 407 g/mol. The van der Waals surface area contributed by atoms with Gasteiger partial charge in [0.15, 0.2) is 6.61 Å². The number of hydrogen-bond acceptors (Lipinski definition) is 5. The summed E-state index contributed by atoms with van der Waals surface area (Å²) in [4.78, 5) is 34.3. The van der Waals surface area contributed by atoms with Crippen LogP contribution in [0, 0.1) is 0 Å². The molecule has 28 heavy (non-hydrogen) atoms. The molecule has 146 valence electrons. The maximum absolute atomic E-state index is 12.0. The van der Waals surface area contributed by atoms with Crippen LogP contribution in [0.2, 0.25) is 10.0 Å². The predicted octanol–water partition coefficient (Wildman–Crippen LogP) is 2.21. The summed E-state index contributed by atoms with van der Waals surface area (Å²) < 4.78 is 5.40. The summed E-state index contributed by atoms with van der Waals surface area (Å²) in [5.41, 5.74) is 3.10. The molecule has 3 amide bonds. The first-order chi connectivity index (χ1) is 13.4. The Bertz CT molecular complexity index is 918. The fraction of sp³-hybridized carbons (Fsp3) is 0.111. The maximum atomic E-state index is 12.0. The Morgan fingerprint density at radius 3 is 2.50 bits per heavy atom. The van der Waals surface area contributed by atoms with Crippen LogP contribution in [-0.2, 0) is 14.4 Å². The first kappa shape index (κ1) is 21.2. The number of benzene rings is 2. The molecule has 0 heterocycles. The number of nitrogens with zero attached hydrogens (tertiary/aromatic N) is 1. The van der Waals surface area contributed by atoms with Crippen molar-refractivity contribution in [1.82, 2.24) is 10.7 Å². The number of anilines is 1. The van der Waals surface area contributed by atoms with E-state index in [1.54, 1.807) is 36.4 Å². The highest BCUT2D eigenvalue weighted by Crippen LogP contribution is 2.25. The molecule has 0 aliphatic heterocycles. The highest BCUT2D eigenvalue weighted by atomic mass is 35.5. The van der Waals surface area contributed by atoms with Crippen molar-refractivity contribution in [2.75, 3.05) is 19.0 Å². The van der Waals surface area contributed by atoms with Gasteiger partial charge in [-0.05, 0) is 35.9 Å². The first-order valence-corrected chi connectivity index (χ1v) is 8.68. The lowest BCUT2D eigenvalue weighted by Gasteiger charge is -2.10. The molecule has 3 N–H and O–H groups in total. The molecular formula is C18H16Cl2N4O4. The number of halogens is 2. The van der Waals surface area contributed by atoms with Gasteiger partial charge >= 0.3 is 11.8 Å². The largest absolute Gasteiger partial charge is 0.482 e. The normalized spacial score (nSPS) is 10.4. The van der Waals surface area contributed by atoms with Crippen molar-refractivity contribution in [3.63, 3.8) is 0 Å². The molecule has 0 saturated carbocycles. The average Bonchev–Trinajstić information content (AvgIpc) is 2.68. The van der Waals surface area contributed by atoms with E-state index in [1.807, 2.05) is 0 Å². The van der Waals surface area contributed by atoms with E-state index in [1.165, 1.54) is 19.3 Å². The number of ether oxygens (including phenoxy) is 1. The topological polar surface area (TPSA) is 109 Å². The lowest BCUT2D eigenvalue weighted by Crippen LogP contribution is -2.35. The fourth-order valence-electron chi connectivity index (χ4n) is 1.94. The molecule has 0 saturated heterocycles. The summed E-state index contributed by atoms with van der Waals surface area (Å²) in [7, 11) is 1.33. The summed E-state index contributed by atoms with van der Waals surface area (Å²) >= 11 is 12.1. The third-order valence-electron chi connectivity index (χ3n) is 3.28. The minimum Gasteiger partial charge on any atom is -0.482 e. The molecule has 0 aliphatic carbocycles. The van der Waals surface area contributed by atoms with Crippen LogP contribution in [0.5, 0.6) is 5.75 Å². The van der Waals surface area contributed by atoms with Crippen LogP contribution in [0.25, 0.3) is 0 Å². The van der Waals surface area contributed by atoms with Crippen LogP contribution < -0.4 is 20.8 Å². The van der Waals surface area contributed by atoms with E-state index in [9.17, 15) is 14.4 Å². The van der Waals surface area contributed by atoms with Gasteiger partial charge in [0.25, 0.3) is 5.91 Å². The predicted molar refractivity (Wildman–Crippen MR) is 107 cm³/mol. The van der Waals surface area contributed by atoms with Crippen LogP contribution >= 0.6 is 23.2 Å². The van der Waals surface area contributed by atoms with Gasteiger partial charge < -0.3 is 15.4 Å². The van der Waals surface area contributed by atoms with Crippen molar-refractivity contribution >= 4 is 52.8 Å². The first-order valence-electron chi connectivity index (χ1n) is 7.92. The number of hydrogen-bond donors (Lipinski definition) is 3. The maximum Gasteiger partial charge on any atom is 0.329 e. The van der Waals surface area contributed by atoms with Crippen LogP contribution in [0.4, 0.5) is 5.69 Å². The molecule has 0 atom stereocenters. The molecule has 0 bridgehead atoms. The van der Waals surface area contributed by atoms with Crippen molar-refractivity contribution in [3.8, 4) is 5.75 Å². The summed E-state index contributed by atoms with van der Waals surface area (Å²) in [5, 5.41) is 9.11. The highest BCUT2D eigenvalue weighted by molar-refractivity contribution is 6.35. The number of amides is 3. The number of para-hydroxylation sites is 1. The van der Waals surface area contributed by atoms with E-state index >= 15 is 0 Å². The van der Waals surface area contributed by atoms with Gasteiger partial charge in [-0.2, -0.15) is 5.10 Å². The number of likely N-dealkylation sites (N-methyl/N-ethyl adjacent to an activating group) is 1. The molecule has 0 spiro atoms. The molecule has 0 radical (unpaired) electrons. The van der Waals surface area contributed by atoms with Crippen LogP contribution in [-0.4, -0.2) is 37.6 Å². The van der Waals surface area contributed by atoms with Gasteiger partial charge in [-0.3, -0.25) is 14.4 Å². The Kier molecular flexibility index (Phi) is 7.79. The van der Waals surface area contributed by atoms with Gasteiger partial charge in [0.2, 0.25) is 0 Å². The van der Waals surface area contributed by atoms with E-state index in [2.05, 4.69) is 21.2 Å². The van der Waals surface area contributed by atoms with Crippen molar-refractivity contribution < 1.29 is 19.1 Å². The zero-order valence-corrected chi connectivity index (χ0v) is 16.2. The monoisotopic (exact) mass is 422 g/mol. The number of carbonyl (C=O) groups excluding carboxylic acids is 3. The lowest BCUT2D eigenvalue weighted by molar-refractivity contribution is -0.138. The molecule has 2 aromatic rings. The second-order valence-electron chi connectivity index (χ2n) is 5.28. The van der Waals surface area contributed by atoms with E-state index in [0.29, 0.717) is 22.0 Å². The van der Waals surface area contributed by atoms with E-state index in [4.69, 9.17) is 27.9 Å². The van der Waals surface area contributed by atoms with Crippen molar-refractivity contribution in [3.05, 3.63) is 58.1 Å². The number of rotatable bonds is 6. The Hall–Kier alpha value is -3.10. The molecule has 0 fully saturated rings. The molecule has 2 rings (SSSR count). The van der Waals surface area contributed by atoms with E-state index in [-0.39, 0.29) is 11.6 Å². The standard InChI is InChI=1S/C18H16Cl2N4O4/c1-21-17(26)18(27)24-22-9-11-6-7-15(13(20)8-11)28-10-16(25)23-14-5-3-2-4-12(14)19/h2-9H,10H2,1H3,(H,21,26)(H,23,25)(H,24,27)/b22-9-. The zero-order valence-electron chi connectivity index (χ0n) is 14.7. The van der Waals surface area contributed by atoms with Gasteiger partial charge in [-0.1, -0.05) is 35.3 Å². The molecule has 2 aromatic carbocycles. The molecule has 0 aromatic heterocycles. The summed E-state index contributed by atoms with van der Waals surface area (Å²) in [6.45, 7) is -0.263. The van der Waals surface area contributed by atoms with Crippen LogP contribution in [0.3, 0.4) is 0 Å². The molecule has 0 aliphatic rings. The van der Waals surface area contributed by atoms with Crippen LogP contribution in [0.15, 0.2) is 47.6 Å². The van der Waals surface area contributed by atoms with Gasteiger partial charge in [-0.25, -0.2) is 5.43 Å². The third kappa shape index (κ3) is 6.26. The fourth-order valence-corrected chi connectivity index (χ4v) is 2.36. The Morgan fingerprint density at radius 1 is 1.07 bits per heavy atom. The van der Waals surface area contributed by atoms with Crippen molar-refractivity contribution in [1.29, 1.82) is 0 Å². The average molecular weight is 423 g/mol. The Balaban J connectivity index is 1.90. The smallest absolute Gasteiger partial charge is 0.329 e. The van der Waals surface area contributed by atoms with E-state index < -0.39 is 17.7 Å². The summed E-state index contributed by atoms with van der Waals surface area (Å²) in [6, 6.07) is 11.5. The van der Waals surface area contributed by atoms with Gasteiger partial charge in [0.1, 0.15) is 5.75 Å². The second-order valence-corrected chi connectivity index (χ2v) is 6.10. The quantitative estimate of drug-likeness (QED) is 0.376. The third-order valence-corrected chi connectivity index (χ3v) is 3.90. The van der Waals surface area contributed by atoms with Crippen LogP contribution in [0.1, 0.15) is 5.56 Å². The Labute approximate surface area is 170 Å². The van der Waals surface area contributed by atoms with Gasteiger partial charge in [-0.15, -0.1) is 0 Å². The van der Waals surface area contributed by atoms with E-state index in [0.717, 1.165) is 0 Å². The minimum atomic E-state index is -0.894.